The Bertz CT molecular complexity index is 494. The number of rotatable bonds is 6. The molecule has 23 heavy (non-hydrogen) atoms. The predicted octanol–water partition coefficient (Wildman–Crippen LogP) is 0.602. The van der Waals surface area contributed by atoms with Gasteiger partial charge in [-0.2, -0.15) is 0 Å². The lowest BCUT2D eigenvalue weighted by Crippen LogP contribution is -2.37. The highest BCUT2D eigenvalue weighted by Crippen LogP contribution is 2.10. The minimum atomic E-state index is -1.02. The molecule has 1 unspecified atom stereocenters. The largest absolute Gasteiger partial charge is 0.508 e. The second-order valence-corrected chi connectivity index (χ2v) is 6.17. The molecule has 0 heterocycles. The summed E-state index contributed by atoms with van der Waals surface area (Å²) >= 11 is 0. The molecular formula is C16H27N2O5+. The number of aromatic hydroxyl groups is 1. The van der Waals surface area contributed by atoms with Gasteiger partial charge in [0, 0.05) is 6.92 Å². The van der Waals surface area contributed by atoms with E-state index in [1.54, 1.807) is 12.1 Å². The number of phenolic OH excluding ortho intramolecular Hbond substituents is 1. The molecule has 1 atom stereocenters. The monoisotopic (exact) mass is 327 g/mol. The van der Waals surface area contributed by atoms with Crippen LogP contribution < -0.4 is 5.73 Å². The fourth-order valence-electron chi connectivity index (χ4n) is 1.44. The third kappa shape index (κ3) is 12.1. The molecule has 1 aromatic carbocycles. The summed E-state index contributed by atoms with van der Waals surface area (Å²) in [5, 5.41) is 17.5. The van der Waals surface area contributed by atoms with Crippen molar-refractivity contribution in [2.45, 2.75) is 19.4 Å². The highest BCUT2D eigenvalue weighted by molar-refractivity contribution is 5.73. The first-order valence-electron chi connectivity index (χ1n) is 7.21. The molecule has 0 radical (unpaired) electrons. The van der Waals surface area contributed by atoms with Crippen molar-refractivity contribution in [1.82, 2.24) is 0 Å². The first-order valence-corrected chi connectivity index (χ1v) is 7.21. The van der Waals surface area contributed by atoms with Gasteiger partial charge >= 0.3 is 11.9 Å². The van der Waals surface area contributed by atoms with E-state index in [1.807, 2.05) is 0 Å². The Kier molecular flexibility index (Phi) is 8.90. The van der Waals surface area contributed by atoms with Gasteiger partial charge in [-0.25, -0.2) is 0 Å². The van der Waals surface area contributed by atoms with E-state index in [1.165, 1.54) is 19.1 Å². The lowest BCUT2D eigenvalue weighted by atomic mass is 10.1. The highest BCUT2D eigenvalue weighted by Gasteiger charge is 2.11. The van der Waals surface area contributed by atoms with E-state index < -0.39 is 12.0 Å². The van der Waals surface area contributed by atoms with E-state index in [4.69, 9.17) is 20.7 Å². The molecular weight excluding hydrogens is 300 g/mol. The lowest BCUT2D eigenvalue weighted by Gasteiger charge is -2.23. The highest BCUT2D eigenvalue weighted by atomic mass is 16.5. The molecule has 0 saturated carbocycles. The molecule has 0 spiro atoms. The minimum Gasteiger partial charge on any atom is -0.508 e. The number of carboxylic acids is 1. The van der Waals surface area contributed by atoms with Gasteiger partial charge in [-0.15, -0.1) is 0 Å². The normalized spacial score (nSPS) is 11.9. The number of aliphatic carboxylic acids is 1. The summed E-state index contributed by atoms with van der Waals surface area (Å²) in [6.07, 6.45) is 0.273. The van der Waals surface area contributed by atoms with E-state index in [0.717, 1.165) is 16.6 Å². The van der Waals surface area contributed by atoms with E-state index in [9.17, 15) is 9.59 Å². The van der Waals surface area contributed by atoms with Crippen LogP contribution in [-0.2, 0) is 20.7 Å². The van der Waals surface area contributed by atoms with Crippen molar-refractivity contribution in [2.75, 3.05) is 34.3 Å². The average Bonchev–Trinajstić information content (AvgIpc) is 2.40. The van der Waals surface area contributed by atoms with Crippen LogP contribution in [-0.4, -0.2) is 67.0 Å². The Labute approximate surface area is 136 Å². The zero-order valence-electron chi connectivity index (χ0n) is 14.2. The standard InChI is InChI=1S/C9H11NO3.C7H16NO2/c10-8(9(12)13)5-6-1-3-7(11)4-2-6;1-7(9)10-6-5-8(2,3)4/h1-4,8,11H,5,10H2,(H,12,13);5-6H2,1-4H3/q;+1. The summed E-state index contributed by atoms with van der Waals surface area (Å²) in [6, 6.07) is 5.42. The van der Waals surface area contributed by atoms with Crippen molar-refractivity contribution >= 4 is 11.9 Å². The second kappa shape index (κ2) is 9.81. The molecule has 7 heteroatoms. The van der Waals surface area contributed by atoms with Crippen molar-refractivity contribution in [3.8, 4) is 5.75 Å². The molecule has 0 aromatic heterocycles. The van der Waals surface area contributed by atoms with Crippen LogP contribution in [0.15, 0.2) is 24.3 Å². The Morgan fingerprint density at radius 3 is 2.13 bits per heavy atom. The number of nitrogens with two attached hydrogens (primary N) is 1. The van der Waals surface area contributed by atoms with Crippen LogP contribution in [0.5, 0.6) is 5.75 Å². The number of carbonyl (C=O) groups excluding carboxylic acids is 1. The summed E-state index contributed by atoms with van der Waals surface area (Å²) in [4.78, 5) is 20.7. The van der Waals surface area contributed by atoms with Gasteiger partial charge in [0.1, 0.15) is 24.9 Å². The Morgan fingerprint density at radius 1 is 1.22 bits per heavy atom. The molecule has 4 N–H and O–H groups in total. The van der Waals surface area contributed by atoms with Crippen LogP contribution in [0.3, 0.4) is 0 Å². The van der Waals surface area contributed by atoms with Crippen LogP contribution in [0.2, 0.25) is 0 Å². The van der Waals surface area contributed by atoms with Crippen LogP contribution in [0.25, 0.3) is 0 Å². The Hall–Kier alpha value is -2.12. The van der Waals surface area contributed by atoms with Crippen molar-refractivity contribution in [3.63, 3.8) is 0 Å². The first kappa shape index (κ1) is 20.9. The molecule has 0 amide bonds. The van der Waals surface area contributed by atoms with Crippen molar-refractivity contribution in [2.24, 2.45) is 5.73 Å². The third-order valence-corrected chi connectivity index (χ3v) is 2.78. The van der Waals surface area contributed by atoms with Gasteiger partial charge in [0.15, 0.2) is 0 Å². The predicted molar refractivity (Wildman–Crippen MR) is 87.0 cm³/mol. The maximum atomic E-state index is 10.4. The van der Waals surface area contributed by atoms with Crippen LogP contribution in [0.4, 0.5) is 0 Å². The van der Waals surface area contributed by atoms with Gasteiger partial charge < -0.3 is 25.2 Å². The number of quaternary nitrogens is 1. The van der Waals surface area contributed by atoms with Gasteiger partial charge in [0.05, 0.1) is 21.1 Å². The minimum absolute atomic E-state index is 0.160. The van der Waals surface area contributed by atoms with Crippen LogP contribution in [0, 0.1) is 0 Å². The molecule has 1 aromatic rings. The van der Waals surface area contributed by atoms with E-state index in [2.05, 4.69) is 21.1 Å². The Morgan fingerprint density at radius 2 is 1.74 bits per heavy atom. The SMILES string of the molecule is CC(=O)OCC[N+](C)(C)C.NC(Cc1ccc(O)cc1)C(=O)O. The third-order valence-electron chi connectivity index (χ3n) is 2.78. The van der Waals surface area contributed by atoms with E-state index in [-0.39, 0.29) is 18.1 Å². The second-order valence-electron chi connectivity index (χ2n) is 6.17. The van der Waals surface area contributed by atoms with Crippen molar-refractivity contribution in [3.05, 3.63) is 29.8 Å². The molecule has 0 fully saturated rings. The lowest BCUT2D eigenvalue weighted by molar-refractivity contribution is -0.870. The first-order chi connectivity index (χ1) is 10.5. The summed E-state index contributed by atoms with van der Waals surface area (Å²) in [5.41, 5.74) is 6.12. The number of carbonyl (C=O) groups is 2. The number of hydrogen-bond acceptors (Lipinski definition) is 5. The number of esters is 1. The molecule has 0 bridgehead atoms. The fourth-order valence-corrected chi connectivity index (χ4v) is 1.44. The quantitative estimate of drug-likeness (QED) is 0.521. The number of hydrogen-bond donors (Lipinski definition) is 3. The van der Waals surface area contributed by atoms with Crippen LogP contribution >= 0.6 is 0 Å². The van der Waals surface area contributed by atoms with Gasteiger partial charge in [-0.3, -0.25) is 9.59 Å². The topological polar surface area (TPSA) is 110 Å². The van der Waals surface area contributed by atoms with Crippen molar-refractivity contribution < 1.29 is 29.0 Å². The fraction of sp³-hybridized carbons (Fsp3) is 0.500. The summed E-state index contributed by atoms with van der Waals surface area (Å²) in [6.45, 7) is 2.80. The van der Waals surface area contributed by atoms with Gasteiger partial charge in [0.2, 0.25) is 0 Å². The molecule has 0 aliphatic heterocycles. The summed E-state index contributed by atoms with van der Waals surface area (Å²) in [5.74, 6) is -1.06. The number of nitrogens with zero attached hydrogens (tertiary/aromatic N) is 1. The average molecular weight is 327 g/mol. The molecule has 0 saturated heterocycles. The number of carboxylic acid groups (broad SMARTS) is 1. The Balaban J connectivity index is 0.000000438. The molecule has 1 rings (SSSR count). The summed E-state index contributed by atoms with van der Waals surface area (Å²) in [7, 11) is 6.18. The zero-order valence-corrected chi connectivity index (χ0v) is 14.2. The van der Waals surface area contributed by atoms with Crippen LogP contribution in [0.1, 0.15) is 12.5 Å². The number of likely N-dealkylation sites (N-methyl/N-ethyl adjacent to an activating group) is 1. The van der Waals surface area contributed by atoms with Gasteiger partial charge in [-0.05, 0) is 24.1 Å². The maximum absolute atomic E-state index is 10.4. The van der Waals surface area contributed by atoms with E-state index >= 15 is 0 Å². The number of phenols is 1. The zero-order chi connectivity index (χ0) is 18.0. The van der Waals surface area contributed by atoms with E-state index in [0.29, 0.717) is 6.61 Å². The number of ether oxygens (including phenoxy) is 1. The smallest absolute Gasteiger partial charge is 0.320 e. The van der Waals surface area contributed by atoms with Gasteiger partial charge in [-0.1, -0.05) is 12.1 Å². The molecule has 0 aliphatic carbocycles. The molecule has 7 nitrogen and oxygen atoms in total. The molecule has 130 valence electrons. The molecule has 0 aliphatic rings. The number of benzene rings is 1. The van der Waals surface area contributed by atoms with Gasteiger partial charge in [0.25, 0.3) is 0 Å². The summed E-state index contributed by atoms with van der Waals surface area (Å²) < 4.78 is 5.59. The maximum Gasteiger partial charge on any atom is 0.320 e. The van der Waals surface area contributed by atoms with Crippen molar-refractivity contribution in [1.29, 1.82) is 0 Å².